The van der Waals surface area contributed by atoms with Gasteiger partial charge in [-0.2, -0.15) is 0 Å². The maximum absolute atomic E-state index is 2.26. The Balaban J connectivity index is -0.000000180. The minimum absolute atomic E-state index is 0. The van der Waals surface area contributed by atoms with E-state index >= 15 is 0 Å². The molecule has 0 N–H and O–H groups in total. The van der Waals surface area contributed by atoms with Gasteiger partial charge in [-0.15, -0.1) is 0 Å². The van der Waals surface area contributed by atoms with Gasteiger partial charge in [0.15, 0.2) is 0 Å². The average molecular weight is 289 g/mol. The molecule has 0 aliphatic heterocycles. The number of rotatable bonds is 4. The van der Waals surface area contributed by atoms with Gasteiger partial charge in [-0.3, -0.25) is 0 Å². The van der Waals surface area contributed by atoms with Crippen LogP contribution in [0, 0.1) is 23.7 Å². The fourth-order valence-electron chi connectivity index (χ4n) is 1.89. The topological polar surface area (TPSA) is 0 Å². The Bertz CT molecular complexity index is 77.9. The standard InChI is InChI=1S/2C7H16.Y/c2*1-6(2)5-7(3)4;/h2*6-7H,5H2,1-4H3;. The van der Waals surface area contributed by atoms with Crippen LogP contribution in [-0.2, 0) is 32.7 Å². The molecular formula is C14H32Y. The van der Waals surface area contributed by atoms with E-state index in [2.05, 4.69) is 55.4 Å². The molecule has 0 nitrogen and oxygen atoms in total. The minimum Gasteiger partial charge on any atom is -0.0628 e. The first-order chi connectivity index (χ1) is 6.25. The molecule has 0 atom stereocenters. The van der Waals surface area contributed by atoms with E-state index in [-0.39, 0.29) is 32.7 Å². The van der Waals surface area contributed by atoms with Crippen LogP contribution < -0.4 is 0 Å². The molecule has 15 heavy (non-hydrogen) atoms. The Kier molecular flexibility index (Phi) is 18.8. The first-order valence-electron chi connectivity index (χ1n) is 6.25. The van der Waals surface area contributed by atoms with E-state index in [1.54, 1.807) is 0 Å². The second-order valence-electron chi connectivity index (χ2n) is 6.05. The van der Waals surface area contributed by atoms with E-state index in [1.807, 2.05) is 0 Å². The zero-order chi connectivity index (χ0) is 11.7. The molecule has 0 spiro atoms. The predicted octanol–water partition coefficient (Wildman–Crippen LogP) is 5.37. The molecule has 0 amide bonds. The summed E-state index contributed by atoms with van der Waals surface area (Å²) < 4.78 is 0. The quantitative estimate of drug-likeness (QED) is 0.652. The maximum Gasteiger partial charge on any atom is 0 e. The van der Waals surface area contributed by atoms with Crippen LogP contribution in [0.15, 0.2) is 0 Å². The van der Waals surface area contributed by atoms with Crippen LogP contribution in [0.3, 0.4) is 0 Å². The fraction of sp³-hybridized carbons (Fsp3) is 1.00. The summed E-state index contributed by atoms with van der Waals surface area (Å²) in [4.78, 5) is 0. The maximum atomic E-state index is 2.26. The number of hydrogen-bond acceptors (Lipinski definition) is 0. The zero-order valence-corrected chi connectivity index (χ0v) is 15.1. The third-order valence-corrected chi connectivity index (χ3v) is 1.89. The SMILES string of the molecule is CC(C)CC(C)C.CC(C)CC(C)C.[Y]. The number of hydrogen-bond donors (Lipinski definition) is 0. The summed E-state index contributed by atoms with van der Waals surface area (Å²) in [5.41, 5.74) is 0. The van der Waals surface area contributed by atoms with Crippen molar-refractivity contribution in [3.63, 3.8) is 0 Å². The Hall–Kier alpha value is 1.10. The van der Waals surface area contributed by atoms with Gasteiger partial charge in [-0.25, -0.2) is 0 Å². The third kappa shape index (κ3) is 31.3. The molecule has 0 fully saturated rings. The van der Waals surface area contributed by atoms with Gasteiger partial charge >= 0.3 is 0 Å². The largest absolute Gasteiger partial charge is 0.0628 e. The second kappa shape index (κ2) is 13.2. The Morgan fingerprint density at radius 3 is 0.600 bits per heavy atom. The van der Waals surface area contributed by atoms with Crippen molar-refractivity contribution < 1.29 is 32.7 Å². The van der Waals surface area contributed by atoms with E-state index in [0.717, 1.165) is 23.7 Å². The van der Waals surface area contributed by atoms with E-state index in [4.69, 9.17) is 0 Å². The summed E-state index contributed by atoms with van der Waals surface area (Å²) in [5.74, 6) is 3.50. The summed E-state index contributed by atoms with van der Waals surface area (Å²) in [6.45, 7) is 18.1. The van der Waals surface area contributed by atoms with Gasteiger partial charge in [0.05, 0.1) is 0 Å². The summed E-state index contributed by atoms with van der Waals surface area (Å²) >= 11 is 0. The van der Waals surface area contributed by atoms with Crippen molar-refractivity contribution in [2.75, 3.05) is 0 Å². The predicted molar refractivity (Wildman–Crippen MR) is 68.6 cm³/mol. The van der Waals surface area contributed by atoms with Gasteiger partial charge < -0.3 is 0 Å². The van der Waals surface area contributed by atoms with Crippen LogP contribution in [0.25, 0.3) is 0 Å². The molecule has 0 aromatic heterocycles. The van der Waals surface area contributed by atoms with E-state index in [1.165, 1.54) is 12.8 Å². The summed E-state index contributed by atoms with van der Waals surface area (Å²) in [7, 11) is 0. The molecule has 1 heteroatoms. The van der Waals surface area contributed by atoms with Gasteiger partial charge in [0.25, 0.3) is 0 Å². The van der Waals surface area contributed by atoms with Crippen LogP contribution in [0.5, 0.6) is 0 Å². The zero-order valence-electron chi connectivity index (χ0n) is 12.3. The van der Waals surface area contributed by atoms with Gasteiger partial charge in [-0.05, 0) is 36.5 Å². The van der Waals surface area contributed by atoms with Crippen LogP contribution in [0.2, 0.25) is 0 Å². The van der Waals surface area contributed by atoms with E-state index < -0.39 is 0 Å². The minimum atomic E-state index is 0. The van der Waals surface area contributed by atoms with Crippen molar-refractivity contribution in [1.82, 2.24) is 0 Å². The van der Waals surface area contributed by atoms with Crippen LogP contribution >= 0.6 is 0 Å². The van der Waals surface area contributed by atoms with Gasteiger partial charge in [0.2, 0.25) is 0 Å². The van der Waals surface area contributed by atoms with Crippen molar-refractivity contribution in [3.05, 3.63) is 0 Å². The molecule has 0 saturated carbocycles. The van der Waals surface area contributed by atoms with Crippen LogP contribution in [0.1, 0.15) is 68.2 Å². The van der Waals surface area contributed by atoms with Gasteiger partial charge in [0, 0.05) is 32.7 Å². The van der Waals surface area contributed by atoms with E-state index in [9.17, 15) is 0 Å². The molecule has 91 valence electrons. The van der Waals surface area contributed by atoms with Crippen molar-refractivity contribution in [2.24, 2.45) is 23.7 Å². The molecule has 0 aliphatic rings. The van der Waals surface area contributed by atoms with Crippen molar-refractivity contribution in [3.8, 4) is 0 Å². The van der Waals surface area contributed by atoms with Crippen molar-refractivity contribution in [2.45, 2.75) is 68.2 Å². The molecule has 0 aromatic carbocycles. The van der Waals surface area contributed by atoms with Crippen molar-refractivity contribution in [1.29, 1.82) is 0 Å². The van der Waals surface area contributed by atoms with Gasteiger partial charge in [0.1, 0.15) is 0 Å². The summed E-state index contributed by atoms with van der Waals surface area (Å²) in [6.07, 6.45) is 2.72. The molecule has 0 aliphatic carbocycles. The normalized spacial score (nSPS) is 10.4. The molecule has 0 heterocycles. The molecule has 0 bridgehead atoms. The molecule has 0 unspecified atom stereocenters. The van der Waals surface area contributed by atoms with Gasteiger partial charge in [-0.1, -0.05) is 55.4 Å². The summed E-state index contributed by atoms with van der Waals surface area (Å²) in [5, 5.41) is 0. The smallest absolute Gasteiger partial charge is 0 e. The monoisotopic (exact) mass is 289 g/mol. The molecule has 0 saturated heterocycles. The molecule has 0 aromatic rings. The molecular weight excluding hydrogens is 257 g/mol. The van der Waals surface area contributed by atoms with Crippen LogP contribution in [0.4, 0.5) is 0 Å². The van der Waals surface area contributed by atoms with Crippen LogP contribution in [-0.4, -0.2) is 0 Å². The Morgan fingerprint density at radius 1 is 0.467 bits per heavy atom. The molecule has 0 rings (SSSR count). The Morgan fingerprint density at radius 2 is 0.600 bits per heavy atom. The summed E-state index contributed by atoms with van der Waals surface area (Å²) in [6, 6.07) is 0. The first kappa shape index (κ1) is 21.4. The van der Waals surface area contributed by atoms with E-state index in [0.29, 0.717) is 0 Å². The van der Waals surface area contributed by atoms with Crippen molar-refractivity contribution >= 4 is 0 Å². The fourth-order valence-corrected chi connectivity index (χ4v) is 1.89. The third-order valence-electron chi connectivity index (χ3n) is 1.89. The second-order valence-corrected chi connectivity index (χ2v) is 6.05. The average Bonchev–Trinajstić information content (AvgIpc) is 1.79. The molecule has 1 radical (unpaired) electrons. The Labute approximate surface area is 124 Å². The first-order valence-corrected chi connectivity index (χ1v) is 6.25.